The molecule has 27 heavy (non-hydrogen) atoms. The molecule has 0 aromatic heterocycles. The quantitative estimate of drug-likeness (QED) is 0.480. The van der Waals surface area contributed by atoms with Crippen LogP contribution in [0, 0.1) is 10.1 Å². The van der Waals surface area contributed by atoms with Gasteiger partial charge in [0.1, 0.15) is 5.75 Å². The molecule has 2 aromatic rings. The first-order valence-electron chi connectivity index (χ1n) is 8.14. The summed E-state index contributed by atoms with van der Waals surface area (Å²) in [7, 11) is 1.52. The molecule has 0 saturated carbocycles. The van der Waals surface area contributed by atoms with E-state index >= 15 is 0 Å². The van der Waals surface area contributed by atoms with Crippen molar-refractivity contribution in [1.29, 1.82) is 0 Å². The van der Waals surface area contributed by atoms with Crippen LogP contribution in [0.2, 0.25) is 0 Å². The molecule has 1 atom stereocenters. The summed E-state index contributed by atoms with van der Waals surface area (Å²) in [4.78, 5) is 37.3. The molecule has 0 bridgehead atoms. The van der Waals surface area contributed by atoms with E-state index in [0.717, 1.165) is 4.90 Å². The van der Waals surface area contributed by atoms with Crippen molar-refractivity contribution >= 4 is 35.0 Å². The number of anilines is 1. The monoisotopic (exact) mass is 387 g/mol. The van der Waals surface area contributed by atoms with Gasteiger partial charge in [0.15, 0.2) is 6.10 Å². The molecule has 1 aliphatic rings. The van der Waals surface area contributed by atoms with Gasteiger partial charge < -0.3 is 15.0 Å². The van der Waals surface area contributed by atoms with E-state index in [9.17, 15) is 19.7 Å². The van der Waals surface area contributed by atoms with Gasteiger partial charge in [0, 0.05) is 24.1 Å². The number of hydrogen-bond acceptors (Lipinski definition) is 6. The van der Waals surface area contributed by atoms with Crippen LogP contribution >= 0.6 is 11.8 Å². The molecular weight excluding hydrogens is 370 g/mol. The summed E-state index contributed by atoms with van der Waals surface area (Å²) in [5.74, 6) is 0.131. The second-order valence-corrected chi connectivity index (χ2v) is 6.78. The van der Waals surface area contributed by atoms with Gasteiger partial charge in [-0.05, 0) is 24.3 Å². The smallest absolute Gasteiger partial charge is 0.269 e. The number of benzene rings is 2. The second kappa shape index (κ2) is 8.09. The van der Waals surface area contributed by atoms with Crippen LogP contribution in [0.1, 0.15) is 0 Å². The zero-order valence-electron chi connectivity index (χ0n) is 14.5. The summed E-state index contributed by atoms with van der Waals surface area (Å²) in [5, 5.41) is 13.2. The van der Waals surface area contributed by atoms with E-state index in [1.54, 1.807) is 36.4 Å². The zero-order valence-corrected chi connectivity index (χ0v) is 15.3. The standard InChI is InChI=1S/C18H17N3O5S/c1-19-18(23)16-10-20(14-4-2-3-5-15(14)26-16)17(22)11-27-13-8-6-12(7-9-13)21(24)25/h2-9,16H,10-11H2,1H3,(H,19,23)/t16-/m1/s1. The molecule has 0 saturated heterocycles. The maximum atomic E-state index is 12.8. The first-order valence-corrected chi connectivity index (χ1v) is 9.13. The molecule has 0 radical (unpaired) electrons. The SMILES string of the molecule is CNC(=O)[C@H]1CN(C(=O)CSc2ccc([N+](=O)[O-])cc2)c2ccccc2O1. The topological polar surface area (TPSA) is 102 Å². The summed E-state index contributed by atoms with van der Waals surface area (Å²) >= 11 is 1.28. The molecule has 140 valence electrons. The summed E-state index contributed by atoms with van der Waals surface area (Å²) in [6, 6.07) is 13.1. The summed E-state index contributed by atoms with van der Waals surface area (Å²) in [6.07, 6.45) is -0.779. The molecule has 0 fully saturated rings. The highest BCUT2D eigenvalue weighted by molar-refractivity contribution is 8.00. The maximum absolute atomic E-state index is 12.8. The number of hydrogen-bond donors (Lipinski definition) is 1. The van der Waals surface area contributed by atoms with Crippen molar-refractivity contribution in [2.75, 3.05) is 24.2 Å². The lowest BCUT2D eigenvalue weighted by molar-refractivity contribution is -0.384. The van der Waals surface area contributed by atoms with Gasteiger partial charge >= 0.3 is 0 Å². The number of nitro benzene ring substituents is 1. The van der Waals surface area contributed by atoms with Crippen LogP contribution in [-0.2, 0) is 9.59 Å². The van der Waals surface area contributed by atoms with Gasteiger partial charge in [0.25, 0.3) is 11.6 Å². The minimum Gasteiger partial charge on any atom is -0.477 e. The molecule has 1 aliphatic heterocycles. The highest BCUT2D eigenvalue weighted by Crippen LogP contribution is 2.34. The predicted octanol–water partition coefficient (Wildman–Crippen LogP) is 2.23. The number of nitro groups is 1. The van der Waals surface area contributed by atoms with Crippen LogP contribution in [0.25, 0.3) is 0 Å². The van der Waals surface area contributed by atoms with E-state index in [1.807, 2.05) is 0 Å². The number of ether oxygens (including phenoxy) is 1. The van der Waals surface area contributed by atoms with E-state index in [-0.39, 0.29) is 29.8 Å². The van der Waals surface area contributed by atoms with Crippen LogP contribution in [0.15, 0.2) is 53.4 Å². The number of amides is 2. The highest BCUT2D eigenvalue weighted by atomic mass is 32.2. The van der Waals surface area contributed by atoms with Crippen molar-refractivity contribution in [1.82, 2.24) is 5.32 Å². The number of nitrogens with zero attached hydrogens (tertiary/aromatic N) is 2. The largest absolute Gasteiger partial charge is 0.477 e. The van der Waals surface area contributed by atoms with E-state index in [2.05, 4.69) is 5.32 Å². The van der Waals surface area contributed by atoms with E-state index in [0.29, 0.717) is 11.4 Å². The van der Waals surface area contributed by atoms with Crippen LogP contribution in [0.3, 0.4) is 0 Å². The number of likely N-dealkylation sites (N-methyl/N-ethyl adjacent to an activating group) is 1. The molecule has 0 unspecified atom stereocenters. The third-order valence-corrected chi connectivity index (χ3v) is 5.02. The predicted molar refractivity (Wildman–Crippen MR) is 101 cm³/mol. The molecule has 3 rings (SSSR count). The Bertz CT molecular complexity index is 872. The molecule has 9 heteroatoms. The molecule has 0 aliphatic carbocycles. The van der Waals surface area contributed by atoms with Gasteiger partial charge in [-0.3, -0.25) is 19.7 Å². The molecule has 2 aromatic carbocycles. The first kappa shape index (κ1) is 18.7. The van der Waals surface area contributed by atoms with Gasteiger partial charge in [-0.15, -0.1) is 11.8 Å². The summed E-state index contributed by atoms with van der Waals surface area (Å²) < 4.78 is 5.69. The van der Waals surface area contributed by atoms with Crippen molar-refractivity contribution in [3.63, 3.8) is 0 Å². The minimum atomic E-state index is -0.779. The number of carbonyl (C=O) groups is 2. The van der Waals surface area contributed by atoms with Crippen molar-refractivity contribution in [3.8, 4) is 5.75 Å². The summed E-state index contributed by atoms with van der Waals surface area (Å²) in [5.41, 5.74) is 0.619. The van der Waals surface area contributed by atoms with E-state index in [4.69, 9.17) is 4.74 Å². The fourth-order valence-corrected chi connectivity index (χ4v) is 3.43. The summed E-state index contributed by atoms with van der Waals surface area (Å²) in [6.45, 7) is 0.121. The van der Waals surface area contributed by atoms with Crippen molar-refractivity contribution in [3.05, 3.63) is 58.6 Å². The van der Waals surface area contributed by atoms with Gasteiger partial charge in [-0.25, -0.2) is 0 Å². The van der Waals surface area contributed by atoms with Crippen LogP contribution in [0.4, 0.5) is 11.4 Å². The number of non-ortho nitro benzene ring substituents is 1. The molecule has 2 amide bonds. The van der Waals surface area contributed by atoms with Crippen LogP contribution < -0.4 is 15.0 Å². The molecule has 1 N–H and O–H groups in total. The Morgan fingerprint density at radius 2 is 1.96 bits per heavy atom. The van der Waals surface area contributed by atoms with Crippen molar-refractivity contribution < 1.29 is 19.2 Å². The Balaban J connectivity index is 1.72. The second-order valence-electron chi connectivity index (χ2n) is 5.73. The number of nitrogens with one attached hydrogen (secondary N) is 1. The van der Waals surface area contributed by atoms with Gasteiger partial charge in [0.05, 0.1) is 22.9 Å². The molecule has 0 spiro atoms. The molecular formula is C18H17N3O5S. The van der Waals surface area contributed by atoms with Crippen LogP contribution in [0.5, 0.6) is 5.75 Å². The normalized spacial score (nSPS) is 15.4. The zero-order chi connectivity index (χ0) is 19.4. The average molecular weight is 387 g/mol. The fraction of sp³-hybridized carbons (Fsp3) is 0.222. The number of thioether (sulfide) groups is 1. The highest BCUT2D eigenvalue weighted by Gasteiger charge is 2.33. The van der Waals surface area contributed by atoms with Crippen LogP contribution in [-0.4, -0.2) is 42.2 Å². The lowest BCUT2D eigenvalue weighted by atomic mass is 10.2. The van der Waals surface area contributed by atoms with E-state index < -0.39 is 11.0 Å². The molecule has 8 nitrogen and oxygen atoms in total. The Kier molecular flexibility index (Phi) is 5.60. The third kappa shape index (κ3) is 4.20. The Morgan fingerprint density at radius 1 is 1.26 bits per heavy atom. The van der Waals surface area contributed by atoms with Gasteiger partial charge in [0.2, 0.25) is 5.91 Å². The number of rotatable bonds is 5. The van der Waals surface area contributed by atoms with Gasteiger partial charge in [-0.1, -0.05) is 12.1 Å². The Morgan fingerprint density at radius 3 is 2.63 bits per heavy atom. The average Bonchev–Trinajstić information content (AvgIpc) is 2.70. The first-order chi connectivity index (χ1) is 13.0. The lowest BCUT2D eigenvalue weighted by Crippen LogP contribution is -2.50. The number of carbonyl (C=O) groups excluding carboxylic acids is 2. The molecule has 1 heterocycles. The Hall–Kier alpha value is -3.07. The van der Waals surface area contributed by atoms with Crippen molar-refractivity contribution in [2.45, 2.75) is 11.0 Å². The third-order valence-electron chi connectivity index (χ3n) is 4.02. The fourth-order valence-electron chi connectivity index (χ4n) is 2.66. The number of para-hydroxylation sites is 2. The maximum Gasteiger partial charge on any atom is 0.269 e. The van der Waals surface area contributed by atoms with E-state index in [1.165, 1.54) is 35.8 Å². The lowest BCUT2D eigenvalue weighted by Gasteiger charge is -2.34. The number of fused-ring (bicyclic) bond motifs is 1. The van der Waals surface area contributed by atoms with Crippen molar-refractivity contribution in [2.24, 2.45) is 0 Å². The Labute approximate surface area is 159 Å². The minimum absolute atomic E-state index is 0.00111. The van der Waals surface area contributed by atoms with Gasteiger partial charge in [-0.2, -0.15) is 0 Å².